The number of carbonyl (C=O) groups is 3. The molecule has 1 aliphatic rings. The first-order chi connectivity index (χ1) is 29.6. The lowest BCUT2D eigenvalue weighted by molar-refractivity contribution is -0.132. The van der Waals surface area contributed by atoms with Gasteiger partial charge in [-0.3, -0.25) is 14.4 Å². The molecule has 62 heavy (non-hydrogen) atoms. The summed E-state index contributed by atoms with van der Waals surface area (Å²) in [6, 6.07) is 23.7. The maximum atomic E-state index is 13.2. The molecular weight excluding hydrogens is 781 g/mol. The van der Waals surface area contributed by atoms with E-state index in [0.717, 1.165) is 77.0 Å². The van der Waals surface area contributed by atoms with Gasteiger partial charge < -0.3 is 41.1 Å². The Labute approximate surface area is 374 Å². The molecule has 13 nitrogen and oxygen atoms in total. The summed E-state index contributed by atoms with van der Waals surface area (Å²) in [5, 5.41) is 3.29. The number of likely N-dealkylation sites (tertiary alicyclic amines) is 1. The van der Waals surface area contributed by atoms with Gasteiger partial charge in [-0.15, -0.1) is 0 Å². The Morgan fingerprint density at radius 1 is 1.06 bits per heavy atom. The van der Waals surface area contributed by atoms with Gasteiger partial charge >= 0.3 is 0 Å². The number of rotatable bonds is 18. The standard InChI is InChI=1S/C43H48N6O4.C2H5NO.2C2H6.H3N.4H2/c1-4-6-12-31(3)24-42(51)49-23-11-15-36(49)29-52-30-45-35-19-16-33(17-20-35)43-44-27-39(53-43)34-18-21-37-38(26-34)47-40(46-37)28-48(22-7-5-2)41(50)25-32-13-9-8-10-14-32;1-2(3)4;2*1-2;;;;;/h4,6,8-10,12-14,16-21,26-27,36,45H,1,3,5,7,11,15,22-25,28-30H2,2H3,(H,46,47);1H3,(H2,3,4);2*1-2H3;1H3;4*1H/b12-6-;;;;;;;;/t36-;;;;;;;;/m0......../s1. The molecule has 3 amide bonds. The molecule has 0 spiro atoms. The van der Waals surface area contributed by atoms with Crippen molar-refractivity contribution in [2.24, 2.45) is 5.73 Å². The number of amides is 3. The maximum Gasteiger partial charge on any atom is 0.227 e. The topological polar surface area (TPSA) is 195 Å². The van der Waals surface area contributed by atoms with E-state index in [1.54, 1.807) is 18.3 Å². The Morgan fingerprint density at radius 2 is 1.76 bits per heavy atom. The van der Waals surface area contributed by atoms with Crippen LogP contribution in [-0.4, -0.2) is 74.9 Å². The number of anilines is 1. The Bertz CT molecular complexity index is 2160. The van der Waals surface area contributed by atoms with Gasteiger partial charge in [-0.05, 0) is 72.9 Å². The fourth-order valence-corrected chi connectivity index (χ4v) is 6.49. The maximum absolute atomic E-state index is 13.2. The molecule has 7 N–H and O–H groups in total. The summed E-state index contributed by atoms with van der Waals surface area (Å²) < 4.78 is 12.1. The second-order valence-electron chi connectivity index (χ2n) is 14.0. The second-order valence-corrected chi connectivity index (χ2v) is 14.0. The SMILES string of the molecule is C=C/C=C\C(=C)CC(=O)N1CCC[C@H]1COCNc1ccc(-c2ncc(-c3ccc4nc(CN(CCCC)C(=O)Cc5ccccc5)[nH]c4c3)o2)cc1.CC.CC.CC(N)=O.N.[HH].[HH].[HH].[HH]. The predicted molar refractivity (Wildman–Crippen MR) is 261 cm³/mol. The monoisotopic (exact) mass is 857 g/mol. The average molecular weight is 857 g/mol. The van der Waals surface area contributed by atoms with E-state index in [2.05, 4.69) is 41.1 Å². The van der Waals surface area contributed by atoms with Crippen LogP contribution in [0.5, 0.6) is 0 Å². The number of ether oxygens (including phenoxy) is 1. The number of hydrogen-bond acceptors (Lipinski definition) is 9. The Kier molecular flexibility index (Phi) is 23.6. The molecule has 1 aliphatic heterocycles. The van der Waals surface area contributed by atoms with E-state index in [9.17, 15) is 14.4 Å². The summed E-state index contributed by atoms with van der Waals surface area (Å²) in [6.07, 6.45) is 11.5. The number of nitrogens with zero attached hydrogens (tertiary/aromatic N) is 4. The van der Waals surface area contributed by atoms with Crippen molar-refractivity contribution < 1.29 is 29.2 Å². The number of nitrogens with two attached hydrogens (primary N) is 1. The van der Waals surface area contributed by atoms with Crippen LogP contribution in [0.4, 0.5) is 5.69 Å². The highest BCUT2D eigenvalue weighted by Gasteiger charge is 2.28. The fourth-order valence-electron chi connectivity index (χ4n) is 6.49. The molecule has 3 heterocycles. The van der Waals surface area contributed by atoms with Crippen molar-refractivity contribution in [2.45, 2.75) is 92.7 Å². The van der Waals surface area contributed by atoms with E-state index in [4.69, 9.17) is 14.1 Å². The van der Waals surface area contributed by atoms with Crippen molar-refractivity contribution in [1.29, 1.82) is 0 Å². The highest BCUT2D eigenvalue weighted by molar-refractivity contribution is 5.82. The van der Waals surface area contributed by atoms with Crippen LogP contribution >= 0.6 is 0 Å². The Morgan fingerprint density at radius 3 is 2.44 bits per heavy atom. The minimum Gasteiger partial charge on any atom is -0.436 e. The van der Waals surface area contributed by atoms with Gasteiger partial charge in [0.1, 0.15) is 12.6 Å². The Hall–Kier alpha value is -6.31. The van der Waals surface area contributed by atoms with Gasteiger partial charge in [0.05, 0.1) is 49.3 Å². The first kappa shape index (κ1) is 51.8. The van der Waals surface area contributed by atoms with E-state index in [1.807, 2.05) is 116 Å². The molecule has 2 aromatic heterocycles. The van der Waals surface area contributed by atoms with Crippen molar-refractivity contribution >= 4 is 34.4 Å². The first-order valence-electron chi connectivity index (χ1n) is 21.3. The zero-order chi connectivity index (χ0) is 44.6. The van der Waals surface area contributed by atoms with Gasteiger partial charge in [0, 0.05) is 42.5 Å². The largest absolute Gasteiger partial charge is 0.436 e. The molecule has 1 atom stereocenters. The molecule has 0 bridgehead atoms. The molecule has 0 saturated carbocycles. The molecule has 0 radical (unpaired) electrons. The summed E-state index contributed by atoms with van der Waals surface area (Å²) >= 11 is 0. The lowest BCUT2D eigenvalue weighted by Crippen LogP contribution is -2.38. The number of imidazole rings is 1. The van der Waals surface area contributed by atoms with Crippen molar-refractivity contribution in [2.75, 3.05) is 31.7 Å². The summed E-state index contributed by atoms with van der Waals surface area (Å²) in [5.74, 6) is 1.75. The van der Waals surface area contributed by atoms with Gasteiger partial charge in [0.2, 0.25) is 23.6 Å². The van der Waals surface area contributed by atoms with Gasteiger partial charge in [-0.2, -0.15) is 0 Å². The first-order valence-corrected chi connectivity index (χ1v) is 21.3. The number of hydrogen-bond donors (Lipinski definition) is 4. The van der Waals surface area contributed by atoms with Crippen molar-refractivity contribution in [3.63, 3.8) is 0 Å². The van der Waals surface area contributed by atoms with Gasteiger partial charge in [-0.25, -0.2) is 9.97 Å². The normalized spacial score (nSPS) is 12.7. The molecule has 6 rings (SSSR count). The minimum atomic E-state index is -0.333. The van der Waals surface area contributed by atoms with E-state index in [-0.39, 0.29) is 35.6 Å². The smallest absolute Gasteiger partial charge is 0.227 e. The zero-order valence-corrected chi connectivity index (χ0v) is 37.6. The van der Waals surface area contributed by atoms with Crippen molar-refractivity contribution in [3.8, 4) is 22.8 Å². The van der Waals surface area contributed by atoms with Crippen LogP contribution in [-0.2, 0) is 32.1 Å². The molecule has 342 valence electrons. The molecule has 13 heteroatoms. The number of carbonyl (C=O) groups excluding carboxylic acids is 3. The molecule has 5 aromatic rings. The summed E-state index contributed by atoms with van der Waals surface area (Å²) in [6.45, 7) is 21.7. The molecule has 0 aliphatic carbocycles. The quantitative estimate of drug-likeness (QED) is 0.0377. The van der Waals surface area contributed by atoms with Crippen molar-refractivity contribution in [3.05, 3.63) is 127 Å². The van der Waals surface area contributed by atoms with E-state index >= 15 is 0 Å². The average Bonchev–Trinajstić information content (AvgIpc) is 4.05. The number of aromatic amines is 1. The lowest BCUT2D eigenvalue weighted by atomic mass is 10.1. The third-order valence-corrected chi connectivity index (χ3v) is 9.36. The summed E-state index contributed by atoms with van der Waals surface area (Å²) in [7, 11) is 0. The minimum absolute atomic E-state index is 0. The summed E-state index contributed by atoms with van der Waals surface area (Å²) in [4.78, 5) is 51.8. The Balaban J connectivity index is -0.00000286. The van der Waals surface area contributed by atoms with Gasteiger partial charge in [0.15, 0.2) is 5.76 Å². The van der Waals surface area contributed by atoms with Crippen LogP contribution in [0.15, 0.2) is 120 Å². The third-order valence-electron chi connectivity index (χ3n) is 9.36. The highest BCUT2D eigenvalue weighted by atomic mass is 16.5. The fraction of sp³-hybridized carbons (Fsp3) is 0.367. The van der Waals surface area contributed by atoms with E-state index in [0.29, 0.717) is 50.9 Å². The number of H-pyrrole nitrogens is 1. The number of oxazole rings is 1. The molecule has 3 aromatic carbocycles. The third kappa shape index (κ3) is 16.6. The number of nitrogens with one attached hydrogen (secondary N) is 2. The zero-order valence-electron chi connectivity index (χ0n) is 37.6. The summed E-state index contributed by atoms with van der Waals surface area (Å²) in [5.41, 5.74) is 10.6. The van der Waals surface area contributed by atoms with Crippen LogP contribution < -0.4 is 17.2 Å². The second kappa shape index (κ2) is 28.3. The molecule has 1 fully saturated rings. The van der Waals surface area contributed by atoms with Gasteiger partial charge in [0.25, 0.3) is 0 Å². The number of benzene rings is 3. The molecular formula is C49H76N8O5. The predicted octanol–water partition coefficient (Wildman–Crippen LogP) is 11.0. The molecule has 1 saturated heterocycles. The van der Waals surface area contributed by atoms with Crippen LogP contribution in [0, 0.1) is 0 Å². The number of aromatic nitrogens is 3. The number of fused-ring (bicyclic) bond motifs is 1. The molecule has 0 unspecified atom stereocenters. The highest BCUT2D eigenvalue weighted by Crippen LogP contribution is 2.29. The van der Waals surface area contributed by atoms with E-state index in [1.165, 1.54) is 6.92 Å². The number of allylic oxidation sites excluding steroid dienone is 3. The van der Waals surface area contributed by atoms with E-state index < -0.39 is 0 Å². The number of primary amides is 1. The number of unbranched alkanes of at least 4 members (excludes halogenated alkanes) is 1. The van der Waals surface area contributed by atoms with Crippen LogP contribution in [0.3, 0.4) is 0 Å². The van der Waals surface area contributed by atoms with Crippen LogP contribution in [0.25, 0.3) is 33.8 Å². The van der Waals surface area contributed by atoms with Crippen LogP contribution in [0.2, 0.25) is 0 Å². The lowest BCUT2D eigenvalue weighted by Gasteiger charge is -2.25. The van der Waals surface area contributed by atoms with Crippen molar-refractivity contribution in [1.82, 2.24) is 30.9 Å². The van der Waals surface area contributed by atoms with Gasteiger partial charge in [-0.1, -0.05) is 103 Å². The van der Waals surface area contributed by atoms with Crippen LogP contribution in [0.1, 0.15) is 90.7 Å².